The van der Waals surface area contributed by atoms with Gasteiger partial charge in [-0.15, -0.1) is 0 Å². The van der Waals surface area contributed by atoms with E-state index in [0.717, 1.165) is 18.6 Å². The zero-order valence-corrected chi connectivity index (χ0v) is 11.5. The Labute approximate surface area is 114 Å². The zero-order valence-electron chi connectivity index (χ0n) is 11.5. The lowest BCUT2D eigenvalue weighted by Gasteiger charge is -2.36. The van der Waals surface area contributed by atoms with Crippen LogP contribution in [0.4, 0.5) is 0 Å². The molecular formula is C15H21NO3. The molecule has 0 unspecified atom stereocenters. The molecule has 19 heavy (non-hydrogen) atoms. The molecule has 1 N–H and O–H groups in total. The number of nitrogens with one attached hydrogen (secondary N) is 1. The first-order valence-corrected chi connectivity index (χ1v) is 6.67. The highest BCUT2D eigenvalue weighted by atomic mass is 16.5. The lowest BCUT2D eigenvalue weighted by molar-refractivity contribution is -0.140. The number of esters is 1. The summed E-state index contributed by atoms with van der Waals surface area (Å²) in [6, 6.07) is 8.77. The summed E-state index contributed by atoms with van der Waals surface area (Å²) in [6.07, 6.45) is 2.68. The van der Waals surface area contributed by atoms with Gasteiger partial charge in [-0.05, 0) is 36.5 Å². The Kier molecular flexibility index (Phi) is 4.80. The van der Waals surface area contributed by atoms with Crippen molar-refractivity contribution in [3.05, 3.63) is 29.8 Å². The SMILES string of the molecule is COC(=O)CCNC1CC(c2cccc(OC)c2)C1. The summed E-state index contributed by atoms with van der Waals surface area (Å²) in [6.45, 7) is 0.697. The van der Waals surface area contributed by atoms with Crippen molar-refractivity contribution in [1.29, 1.82) is 0 Å². The molecule has 1 aliphatic rings. The fourth-order valence-electron chi connectivity index (χ4n) is 2.43. The summed E-state index contributed by atoms with van der Waals surface area (Å²) in [5.74, 6) is 1.36. The molecule has 104 valence electrons. The molecule has 4 heteroatoms. The number of methoxy groups -OCH3 is 2. The van der Waals surface area contributed by atoms with Crippen LogP contribution in [0.15, 0.2) is 24.3 Å². The van der Waals surface area contributed by atoms with Crippen LogP contribution < -0.4 is 10.1 Å². The number of ether oxygens (including phenoxy) is 2. The van der Waals surface area contributed by atoms with E-state index in [9.17, 15) is 4.79 Å². The van der Waals surface area contributed by atoms with Crippen molar-refractivity contribution in [2.45, 2.75) is 31.2 Å². The lowest BCUT2D eigenvalue weighted by Crippen LogP contribution is -2.41. The predicted molar refractivity (Wildman–Crippen MR) is 73.4 cm³/mol. The Morgan fingerprint density at radius 2 is 2.16 bits per heavy atom. The third kappa shape index (κ3) is 3.70. The highest BCUT2D eigenvalue weighted by Gasteiger charge is 2.29. The number of carbonyl (C=O) groups excluding carboxylic acids is 1. The highest BCUT2D eigenvalue weighted by molar-refractivity contribution is 5.69. The number of carbonyl (C=O) groups is 1. The molecule has 0 aliphatic heterocycles. The van der Waals surface area contributed by atoms with Crippen LogP contribution in [0.3, 0.4) is 0 Å². The minimum atomic E-state index is -0.156. The van der Waals surface area contributed by atoms with Crippen LogP contribution in [0.1, 0.15) is 30.7 Å². The third-order valence-electron chi connectivity index (χ3n) is 3.69. The fraction of sp³-hybridized carbons (Fsp3) is 0.533. The molecule has 0 spiro atoms. The molecule has 1 saturated carbocycles. The maximum atomic E-state index is 11.0. The van der Waals surface area contributed by atoms with E-state index in [0.29, 0.717) is 24.9 Å². The van der Waals surface area contributed by atoms with E-state index in [1.54, 1.807) is 7.11 Å². The van der Waals surface area contributed by atoms with Gasteiger partial charge in [-0.1, -0.05) is 12.1 Å². The topological polar surface area (TPSA) is 47.6 Å². The zero-order chi connectivity index (χ0) is 13.7. The summed E-state index contributed by atoms with van der Waals surface area (Å²) in [7, 11) is 3.11. The van der Waals surface area contributed by atoms with Gasteiger partial charge in [0, 0.05) is 12.6 Å². The molecule has 1 aromatic carbocycles. The molecule has 0 atom stereocenters. The average molecular weight is 263 g/mol. The van der Waals surface area contributed by atoms with Crippen LogP contribution in [0, 0.1) is 0 Å². The van der Waals surface area contributed by atoms with Gasteiger partial charge in [0.15, 0.2) is 0 Å². The van der Waals surface area contributed by atoms with Gasteiger partial charge < -0.3 is 14.8 Å². The lowest BCUT2D eigenvalue weighted by atomic mass is 9.76. The molecule has 1 aromatic rings. The first kappa shape index (κ1) is 13.9. The first-order valence-electron chi connectivity index (χ1n) is 6.67. The van der Waals surface area contributed by atoms with Gasteiger partial charge in [0.25, 0.3) is 0 Å². The Balaban J connectivity index is 1.72. The Morgan fingerprint density at radius 3 is 2.84 bits per heavy atom. The van der Waals surface area contributed by atoms with Crippen LogP contribution in [-0.2, 0) is 9.53 Å². The molecular weight excluding hydrogens is 242 g/mol. The normalized spacial score (nSPS) is 21.6. The van der Waals surface area contributed by atoms with Gasteiger partial charge >= 0.3 is 5.97 Å². The molecule has 1 aliphatic carbocycles. The van der Waals surface area contributed by atoms with Crippen LogP contribution in [0.25, 0.3) is 0 Å². The van der Waals surface area contributed by atoms with E-state index in [-0.39, 0.29) is 5.97 Å². The van der Waals surface area contributed by atoms with Crippen molar-refractivity contribution < 1.29 is 14.3 Å². The van der Waals surface area contributed by atoms with Crippen molar-refractivity contribution in [1.82, 2.24) is 5.32 Å². The first-order chi connectivity index (χ1) is 9.22. The Bertz CT molecular complexity index is 427. The molecule has 0 aromatic heterocycles. The molecule has 0 saturated heterocycles. The summed E-state index contributed by atoms with van der Waals surface area (Å²) < 4.78 is 9.84. The fourth-order valence-corrected chi connectivity index (χ4v) is 2.43. The third-order valence-corrected chi connectivity index (χ3v) is 3.69. The molecule has 0 radical (unpaired) electrons. The van der Waals surface area contributed by atoms with Crippen molar-refractivity contribution in [2.75, 3.05) is 20.8 Å². The molecule has 2 rings (SSSR count). The van der Waals surface area contributed by atoms with Crippen LogP contribution >= 0.6 is 0 Å². The number of hydrogen-bond acceptors (Lipinski definition) is 4. The van der Waals surface area contributed by atoms with Gasteiger partial charge in [-0.2, -0.15) is 0 Å². The van der Waals surface area contributed by atoms with E-state index < -0.39 is 0 Å². The van der Waals surface area contributed by atoms with Crippen molar-refractivity contribution in [3.8, 4) is 5.75 Å². The van der Waals surface area contributed by atoms with Crippen LogP contribution in [0.2, 0.25) is 0 Å². The summed E-state index contributed by atoms with van der Waals surface area (Å²) in [5.41, 5.74) is 1.34. The van der Waals surface area contributed by atoms with E-state index in [2.05, 4.69) is 22.2 Å². The maximum absolute atomic E-state index is 11.0. The van der Waals surface area contributed by atoms with Gasteiger partial charge in [0.2, 0.25) is 0 Å². The quantitative estimate of drug-likeness (QED) is 0.798. The predicted octanol–water partition coefficient (Wildman–Crippen LogP) is 2.09. The highest BCUT2D eigenvalue weighted by Crippen LogP contribution is 2.37. The minimum absolute atomic E-state index is 0.156. The molecule has 0 bridgehead atoms. The van der Waals surface area contributed by atoms with E-state index in [1.165, 1.54) is 12.7 Å². The minimum Gasteiger partial charge on any atom is -0.497 e. The van der Waals surface area contributed by atoms with Crippen molar-refractivity contribution in [3.63, 3.8) is 0 Å². The van der Waals surface area contributed by atoms with Gasteiger partial charge in [0.05, 0.1) is 20.6 Å². The van der Waals surface area contributed by atoms with Gasteiger partial charge in [-0.3, -0.25) is 4.79 Å². The smallest absolute Gasteiger partial charge is 0.306 e. The molecule has 0 heterocycles. The summed E-state index contributed by atoms with van der Waals surface area (Å²) >= 11 is 0. The largest absolute Gasteiger partial charge is 0.497 e. The van der Waals surface area contributed by atoms with Crippen molar-refractivity contribution in [2.24, 2.45) is 0 Å². The average Bonchev–Trinajstić information content (AvgIpc) is 2.41. The van der Waals surface area contributed by atoms with E-state index in [1.807, 2.05) is 12.1 Å². The second kappa shape index (κ2) is 6.57. The second-order valence-electron chi connectivity index (χ2n) is 4.92. The van der Waals surface area contributed by atoms with Gasteiger partial charge in [-0.25, -0.2) is 0 Å². The number of rotatable bonds is 6. The van der Waals surface area contributed by atoms with Gasteiger partial charge in [0.1, 0.15) is 5.75 Å². The van der Waals surface area contributed by atoms with Crippen LogP contribution in [-0.4, -0.2) is 32.8 Å². The summed E-state index contributed by atoms with van der Waals surface area (Å²) in [5, 5.41) is 3.38. The maximum Gasteiger partial charge on any atom is 0.306 e. The standard InChI is InChI=1S/C15H21NO3/c1-18-14-5-3-4-11(10-14)12-8-13(9-12)16-7-6-15(17)19-2/h3-5,10,12-13,16H,6-9H2,1-2H3. The number of hydrogen-bond donors (Lipinski definition) is 1. The van der Waals surface area contributed by atoms with E-state index in [4.69, 9.17) is 4.74 Å². The number of benzene rings is 1. The summed E-state index contributed by atoms with van der Waals surface area (Å²) in [4.78, 5) is 11.0. The van der Waals surface area contributed by atoms with E-state index >= 15 is 0 Å². The molecule has 0 amide bonds. The van der Waals surface area contributed by atoms with Crippen LogP contribution in [0.5, 0.6) is 5.75 Å². The van der Waals surface area contributed by atoms with Crippen molar-refractivity contribution >= 4 is 5.97 Å². The Hall–Kier alpha value is -1.55. The molecule has 4 nitrogen and oxygen atoms in total. The molecule has 1 fully saturated rings. The monoisotopic (exact) mass is 263 g/mol. The Morgan fingerprint density at radius 1 is 1.37 bits per heavy atom. The second-order valence-corrected chi connectivity index (χ2v) is 4.92.